The Morgan fingerprint density at radius 3 is 1.45 bits per heavy atom. The van der Waals surface area contributed by atoms with Crippen molar-refractivity contribution in [2.24, 2.45) is 0 Å². The zero-order chi connectivity index (χ0) is 19.5. The second kappa shape index (κ2) is 7.86. The average Bonchev–Trinajstić information content (AvgIpc) is 3.27. The minimum Gasteiger partial charge on any atom is -0.235 e. The van der Waals surface area contributed by atoms with Gasteiger partial charge in [0.1, 0.15) is 5.01 Å². The molecule has 0 saturated carbocycles. The summed E-state index contributed by atoms with van der Waals surface area (Å²) < 4.78 is 0. The maximum Gasteiger partial charge on any atom is 0.124 e. The molecule has 0 fully saturated rings. The molecular formula is C27H19NS. The standard InChI is InChI=1S/C27H19NS/c1-4-10-20(11-5-1)21-16-18-24(19-17-21)27-28-25(22-12-6-2-7-13-22)26(29-27)23-14-8-3-9-15-23/h1-19H. The SMILES string of the molecule is c1ccc(-c2ccc(-c3nc(-c4ccccc4)c(-c4ccccc4)s3)cc2)cc1. The number of rotatable bonds is 4. The van der Waals surface area contributed by atoms with Crippen LogP contribution in [0.1, 0.15) is 0 Å². The Kier molecular flexibility index (Phi) is 4.77. The zero-order valence-electron chi connectivity index (χ0n) is 15.8. The largest absolute Gasteiger partial charge is 0.235 e. The number of hydrogen-bond acceptors (Lipinski definition) is 2. The van der Waals surface area contributed by atoms with E-state index in [1.165, 1.54) is 21.6 Å². The van der Waals surface area contributed by atoms with Crippen molar-refractivity contribution in [2.75, 3.05) is 0 Å². The molecule has 1 nitrogen and oxygen atoms in total. The van der Waals surface area contributed by atoms with E-state index in [0.717, 1.165) is 21.8 Å². The van der Waals surface area contributed by atoms with Gasteiger partial charge in [-0.2, -0.15) is 0 Å². The molecule has 0 radical (unpaired) electrons. The normalized spacial score (nSPS) is 10.8. The molecule has 5 aromatic rings. The molecule has 4 aromatic carbocycles. The highest BCUT2D eigenvalue weighted by molar-refractivity contribution is 7.19. The van der Waals surface area contributed by atoms with Crippen LogP contribution in [0.25, 0.3) is 43.4 Å². The molecule has 0 atom stereocenters. The van der Waals surface area contributed by atoms with E-state index in [4.69, 9.17) is 4.98 Å². The molecule has 0 unspecified atom stereocenters. The number of hydrogen-bond donors (Lipinski definition) is 0. The lowest BCUT2D eigenvalue weighted by Gasteiger charge is -2.02. The Labute approximate surface area is 175 Å². The van der Waals surface area contributed by atoms with Crippen molar-refractivity contribution in [2.45, 2.75) is 0 Å². The van der Waals surface area contributed by atoms with Gasteiger partial charge in [-0.1, -0.05) is 115 Å². The van der Waals surface area contributed by atoms with E-state index in [9.17, 15) is 0 Å². The van der Waals surface area contributed by atoms with Gasteiger partial charge < -0.3 is 0 Å². The van der Waals surface area contributed by atoms with Gasteiger partial charge in [-0.3, -0.25) is 0 Å². The van der Waals surface area contributed by atoms with E-state index >= 15 is 0 Å². The van der Waals surface area contributed by atoms with Crippen LogP contribution in [-0.4, -0.2) is 4.98 Å². The Morgan fingerprint density at radius 2 is 0.862 bits per heavy atom. The van der Waals surface area contributed by atoms with E-state index in [2.05, 4.69) is 103 Å². The Morgan fingerprint density at radius 1 is 0.414 bits per heavy atom. The maximum atomic E-state index is 5.05. The van der Waals surface area contributed by atoms with Crippen LogP contribution in [0.5, 0.6) is 0 Å². The van der Waals surface area contributed by atoms with E-state index in [0.29, 0.717) is 0 Å². The van der Waals surface area contributed by atoms with Crippen LogP contribution in [0.4, 0.5) is 0 Å². The van der Waals surface area contributed by atoms with Crippen LogP contribution in [0, 0.1) is 0 Å². The van der Waals surface area contributed by atoms with Crippen LogP contribution < -0.4 is 0 Å². The molecule has 1 heterocycles. The van der Waals surface area contributed by atoms with E-state index < -0.39 is 0 Å². The summed E-state index contributed by atoms with van der Waals surface area (Å²) in [6.45, 7) is 0. The van der Waals surface area contributed by atoms with E-state index in [1.54, 1.807) is 11.3 Å². The third-order valence-corrected chi connectivity index (χ3v) is 6.10. The summed E-state index contributed by atoms with van der Waals surface area (Å²) >= 11 is 1.75. The monoisotopic (exact) mass is 389 g/mol. The first-order valence-corrected chi connectivity index (χ1v) is 10.5. The average molecular weight is 390 g/mol. The number of nitrogens with zero attached hydrogens (tertiary/aromatic N) is 1. The van der Waals surface area contributed by atoms with Crippen LogP contribution >= 0.6 is 11.3 Å². The van der Waals surface area contributed by atoms with Gasteiger partial charge in [0.2, 0.25) is 0 Å². The minimum absolute atomic E-state index is 1.04. The molecular weight excluding hydrogens is 370 g/mol. The molecule has 29 heavy (non-hydrogen) atoms. The molecule has 2 heteroatoms. The van der Waals surface area contributed by atoms with Gasteiger partial charge in [0.05, 0.1) is 10.6 Å². The lowest BCUT2D eigenvalue weighted by Crippen LogP contribution is -1.82. The summed E-state index contributed by atoms with van der Waals surface area (Å²) in [5.41, 5.74) is 6.99. The summed E-state index contributed by atoms with van der Waals surface area (Å²) in [6, 6.07) is 40.1. The first-order valence-electron chi connectivity index (χ1n) is 9.66. The van der Waals surface area contributed by atoms with Gasteiger partial charge in [0.25, 0.3) is 0 Å². The van der Waals surface area contributed by atoms with Gasteiger partial charge in [0.15, 0.2) is 0 Å². The lowest BCUT2D eigenvalue weighted by molar-refractivity contribution is 1.40. The number of aromatic nitrogens is 1. The van der Waals surface area contributed by atoms with Crippen LogP contribution in [0.3, 0.4) is 0 Å². The van der Waals surface area contributed by atoms with Crippen molar-refractivity contribution < 1.29 is 0 Å². The highest BCUT2D eigenvalue weighted by Crippen LogP contribution is 2.40. The van der Waals surface area contributed by atoms with Crippen molar-refractivity contribution in [3.63, 3.8) is 0 Å². The van der Waals surface area contributed by atoms with Crippen molar-refractivity contribution in [1.82, 2.24) is 4.98 Å². The minimum atomic E-state index is 1.04. The molecule has 0 amide bonds. The molecule has 0 N–H and O–H groups in total. The number of benzene rings is 4. The molecule has 0 bridgehead atoms. The fourth-order valence-electron chi connectivity index (χ4n) is 3.46. The van der Waals surface area contributed by atoms with Gasteiger partial charge in [-0.05, 0) is 16.7 Å². The third-order valence-electron chi connectivity index (χ3n) is 4.95. The zero-order valence-corrected chi connectivity index (χ0v) is 16.6. The second-order valence-corrected chi connectivity index (χ2v) is 7.87. The van der Waals surface area contributed by atoms with Gasteiger partial charge >= 0.3 is 0 Å². The molecule has 0 aliphatic heterocycles. The fourth-order valence-corrected chi connectivity index (χ4v) is 4.55. The molecule has 0 saturated heterocycles. The molecule has 1 aromatic heterocycles. The quantitative estimate of drug-likeness (QED) is 0.305. The summed E-state index contributed by atoms with van der Waals surface area (Å²) in [4.78, 5) is 6.26. The lowest BCUT2D eigenvalue weighted by atomic mass is 10.0. The first kappa shape index (κ1) is 17.6. The predicted molar refractivity (Wildman–Crippen MR) is 124 cm³/mol. The maximum absolute atomic E-state index is 5.05. The molecule has 0 aliphatic rings. The third kappa shape index (κ3) is 3.63. The summed E-state index contributed by atoms with van der Waals surface area (Å²) in [5, 5.41) is 1.04. The van der Waals surface area contributed by atoms with Crippen LogP contribution in [0.2, 0.25) is 0 Å². The smallest absolute Gasteiger partial charge is 0.124 e. The van der Waals surface area contributed by atoms with Crippen LogP contribution in [0.15, 0.2) is 115 Å². The molecule has 138 valence electrons. The summed E-state index contributed by atoms with van der Waals surface area (Å²) in [7, 11) is 0. The van der Waals surface area contributed by atoms with Crippen molar-refractivity contribution >= 4 is 11.3 Å². The van der Waals surface area contributed by atoms with Crippen molar-refractivity contribution in [3.05, 3.63) is 115 Å². The van der Waals surface area contributed by atoms with Crippen molar-refractivity contribution in [3.8, 4) is 43.4 Å². The summed E-state index contributed by atoms with van der Waals surface area (Å²) in [6.07, 6.45) is 0. The Bertz CT molecular complexity index is 1150. The van der Waals surface area contributed by atoms with Gasteiger partial charge in [0, 0.05) is 11.1 Å². The van der Waals surface area contributed by atoms with Crippen molar-refractivity contribution in [1.29, 1.82) is 0 Å². The highest BCUT2D eigenvalue weighted by Gasteiger charge is 2.15. The molecule has 0 spiro atoms. The van der Waals surface area contributed by atoms with E-state index in [1.807, 2.05) is 12.1 Å². The molecule has 5 rings (SSSR count). The first-order chi connectivity index (χ1) is 14.4. The predicted octanol–water partition coefficient (Wildman–Crippen LogP) is 7.81. The van der Waals surface area contributed by atoms with E-state index in [-0.39, 0.29) is 0 Å². The highest BCUT2D eigenvalue weighted by atomic mass is 32.1. The topological polar surface area (TPSA) is 12.9 Å². The summed E-state index contributed by atoms with van der Waals surface area (Å²) in [5.74, 6) is 0. The van der Waals surface area contributed by atoms with Crippen LogP contribution in [-0.2, 0) is 0 Å². The van der Waals surface area contributed by atoms with Gasteiger partial charge in [-0.25, -0.2) is 4.98 Å². The Balaban J connectivity index is 1.58. The second-order valence-electron chi connectivity index (χ2n) is 6.87. The van der Waals surface area contributed by atoms with Gasteiger partial charge in [-0.15, -0.1) is 11.3 Å². The fraction of sp³-hybridized carbons (Fsp3) is 0. The Hall–Kier alpha value is -3.49. The number of thiazole rings is 1. The molecule has 0 aliphatic carbocycles.